The summed E-state index contributed by atoms with van der Waals surface area (Å²) in [4.78, 5) is 29.1. The first kappa shape index (κ1) is 18.6. The number of hydrogen-bond donors (Lipinski definition) is 1. The van der Waals surface area contributed by atoms with Gasteiger partial charge in [0.25, 0.3) is 11.6 Å². The fourth-order valence-corrected chi connectivity index (χ4v) is 2.93. The average Bonchev–Trinajstić information content (AvgIpc) is 3.01. The van der Waals surface area contributed by atoms with Gasteiger partial charge in [-0.1, -0.05) is 35.0 Å². The summed E-state index contributed by atoms with van der Waals surface area (Å²) in [7, 11) is 1.33. The van der Waals surface area contributed by atoms with Gasteiger partial charge in [-0.3, -0.25) is 9.59 Å². The van der Waals surface area contributed by atoms with Crippen LogP contribution in [0, 0.1) is 20.8 Å². The zero-order valence-corrected chi connectivity index (χ0v) is 15.7. The number of pyridine rings is 1. The summed E-state index contributed by atoms with van der Waals surface area (Å²) >= 11 is 0. The molecule has 0 fully saturated rings. The lowest BCUT2D eigenvalue weighted by atomic mass is 10.0. The molecule has 3 rings (SSSR count). The Labute approximate surface area is 156 Å². The summed E-state index contributed by atoms with van der Waals surface area (Å²) in [5, 5.41) is 7.40. The molecular formula is C20H21N3O4. The van der Waals surface area contributed by atoms with Crippen LogP contribution in [0.25, 0.3) is 11.1 Å². The van der Waals surface area contributed by atoms with Crippen molar-refractivity contribution >= 4 is 23.0 Å². The van der Waals surface area contributed by atoms with Gasteiger partial charge in [-0.2, -0.15) is 0 Å². The lowest BCUT2D eigenvalue weighted by molar-refractivity contribution is -0.141. The Balaban J connectivity index is 1.96. The molecule has 0 radical (unpaired) electrons. The molecule has 0 aliphatic rings. The maximum atomic E-state index is 13.0. The van der Waals surface area contributed by atoms with E-state index in [0.29, 0.717) is 28.1 Å². The fraction of sp³-hybridized carbons (Fsp3) is 0.300. The molecule has 27 heavy (non-hydrogen) atoms. The van der Waals surface area contributed by atoms with E-state index in [1.807, 2.05) is 31.2 Å². The normalized spacial score (nSPS) is 12.0. The molecule has 1 N–H and O–H groups in total. The Morgan fingerprint density at radius 2 is 1.89 bits per heavy atom. The van der Waals surface area contributed by atoms with Crippen LogP contribution in [-0.2, 0) is 9.53 Å². The third-order valence-electron chi connectivity index (χ3n) is 4.37. The molecular weight excluding hydrogens is 346 g/mol. The van der Waals surface area contributed by atoms with Crippen molar-refractivity contribution in [2.75, 3.05) is 7.11 Å². The number of methoxy groups -OCH3 is 1. The second-order valence-corrected chi connectivity index (χ2v) is 6.48. The van der Waals surface area contributed by atoms with E-state index in [1.165, 1.54) is 7.11 Å². The fourth-order valence-electron chi connectivity index (χ4n) is 2.93. The van der Waals surface area contributed by atoms with Crippen molar-refractivity contribution in [1.29, 1.82) is 0 Å². The standard InChI is InChI=1S/C20H21N3O4/c1-11-5-7-14(8-6-11)16(10-17(24)26-4)22-19(25)15-9-12(2)21-20-18(15)13(3)23-27-20/h5-9,16H,10H2,1-4H3,(H,22,25)/t16-/m0/s1. The van der Waals surface area contributed by atoms with Crippen molar-refractivity contribution in [1.82, 2.24) is 15.5 Å². The second-order valence-electron chi connectivity index (χ2n) is 6.48. The van der Waals surface area contributed by atoms with E-state index in [9.17, 15) is 9.59 Å². The van der Waals surface area contributed by atoms with Gasteiger partial charge in [-0.15, -0.1) is 0 Å². The maximum Gasteiger partial charge on any atom is 0.307 e. The first-order chi connectivity index (χ1) is 12.9. The molecule has 0 saturated heterocycles. The van der Waals surface area contributed by atoms with E-state index in [0.717, 1.165) is 11.1 Å². The molecule has 0 aliphatic heterocycles. The average molecular weight is 367 g/mol. The van der Waals surface area contributed by atoms with Crippen LogP contribution in [0.4, 0.5) is 0 Å². The van der Waals surface area contributed by atoms with Crippen LogP contribution in [0.5, 0.6) is 0 Å². The zero-order valence-electron chi connectivity index (χ0n) is 15.7. The number of hydrogen-bond acceptors (Lipinski definition) is 6. The summed E-state index contributed by atoms with van der Waals surface area (Å²) in [6.45, 7) is 5.51. The predicted octanol–water partition coefficient (Wildman–Crippen LogP) is 3.18. The highest BCUT2D eigenvalue weighted by Gasteiger charge is 2.23. The molecule has 1 atom stereocenters. The number of benzene rings is 1. The molecule has 3 aromatic rings. The van der Waals surface area contributed by atoms with Crippen molar-refractivity contribution in [3.8, 4) is 0 Å². The highest BCUT2D eigenvalue weighted by atomic mass is 16.5. The number of amides is 1. The summed E-state index contributed by atoms with van der Waals surface area (Å²) in [6, 6.07) is 8.82. The van der Waals surface area contributed by atoms with Crippen molar-refractivity contribution in [3.63, 3.8) is 0 Å². The number of fused-ring (bicyclic) bond motifs is 1. The predicted molar refractivity (Wildman–Crippen MR) is 99.3 cm³/mol. The minimum atomic E-state index is -0.519. The molecule has 0 unspecified atom stereocenters. The molecule has 7 heteroatoms. The molecule has 0 saturated carbocycles. The monoisotopic (exact) mass is 367 g/mol. The number of carbonyl (C=O) groups excluding carboxylic acids is 2. The number of ether oxygens (including phenoxy) is 1. The molecule has 2 aromatic heterocycles. The van der Waals surface area contributed by atoms with E-state index in [-0.39, 0.29) is 12.3 Å². The Morgan fingerprint density at radius 1 is 1.19 bits per heavy atom. The molecule has 7 nitrogen and oxygen atoms in total. The first-order valence-electron chi connectivity index (χ1n) is 8.57. The van der Waals surface area contributed by atoms with Gasteiger partial charge in [0.05, 0.1) is 36.2 Å². The highest BCUT2D eigenvalue weighted by Crippen LogP contribution is 2.24. The SMILES string of the molecule is COC(=O)C[C@H](NC(=O)c1cc(C)nc2onc(C)c12)c1ccc(C)cc1. The Bertz CT molecular complexity index is 992. The Morgan fingerprint density at radius 3 is 2.56 bits per heavy atom. The van der Waals surface area contributed by atoms with Crippen molar-refractivity contribution < 1.29 is 18.8 Å². The molecule has 0 aliphatic carbocycles. The maximum absolute atomic E-state index is 13.0. The number of aryl methyl sites for hydroxylation is 3. The van der Waals surface area contributed by atoms with Crippen LogP contribution in [-0.4, -0.2) is 29.1 Å². The van der Waals surface area contributed by atoms with Crippen LogP contribution in [0.3, 0.4) is 0 Å². The quantitative estimate of drug-likeness (QED) is 0.696. The van der Waals surface area contributed by atoms with E-state index in [2.05, 4.69) is 15.5 Å². The number of aromatic nitrogens is 2. The number of esters is 1. The van der Waals surface area contributed by atoms with Crippen molar-refractivity contribution in [2.24, 2.45) is 0 Å². The molecule has 1 amide bonds. The van der Waals surface area contributed by atoms with Gasteiger partial charge >= 0.3 is 5.97 Å². The highest BCUT2D eigenvalue weighted by molar-refractivity contribution is 6.06. The summed E-state index contributed by atoms with van der Waals surface area (Å²) in [6.07, 6.45) is 0.0289. The van der Waals surface area contributed by atoms with Gasteiger partial charge in [0.2, 0.25) is 0 Å². The second kappa shape index (κ2) is 7.57. The molecule has 1 aromatic carbocycles. The molecule has 2 heterocycles. The van der Waals surface area contributed by atoms with Crippen molar-refractivity contribution in [3.05, 3.63) is 58.4 Å². The van der Waals surface area contributed by atoms with Crippen molar-refractivity contribution in [2.45, 2.75) is 33.2 Å². The van der Waals surface area contributed by atoms with E-state index < -0.39 is 12.0 Å². The Kier molecular flexibility index (Phi) is 5.21. The zero-order chi connectivity index (χ0) is 19.6. The van der Waals surface area contributed by atoms with Gasteiger partial charge in [-0.05, 0) is 32.4 Å². The van der Waals surface area contributed by atoms with Gasteiger partial charge < -0.3 is 14.6 Å². The van der Waals surface area contributed by atoms with Crippen LogP contribution in [0.15, 0.2) is 34.9 Å². The Hall–Kier alpha value is -3.22. The third-order valence-corrected chi connectivity index (χ3v) is 4.37. The van der Waals surface area contributed by atoms with Crippen LogP contribution < -0.4 is 5.32 Å². The summed E-state index contributed by atoms with van der Waals surface area (Å²) in [5.74, 6) is -0.732. The first-order valence-corrected chi connectivity index (χ1v) is 8.57. The minimum absolute atomic E-state index is 0.0289. The van der Waals surface area contributed by atoms with Gasteiger partial charge in [0.1, 0.15) is 0 Å². The molecule has 0 bridgehead atoms. The smallest absolute Gasteiger partial charge is 0.307 e. The molecule has 0 spiro atoms. The van der Waals surface area contributed by atoms with Crippen LogP contribution >= 0.6 is 0 Å². The van der Waals surface area contributed by atoms with E-state index in [4.69, 9.17) is 9.26 Å². The van der Waals surface area contributed by atoms with E-state index in [1.54, 1.807) is 19.9 Å². The lowest BCUT2D eigenvalue weighted by Crippen LogP contribution is -2.30. The summed E-state index contributed by atoms with van der Waals surface area (Å²) < 4.78 is 9.97. The van der Waals surface area contributed by atoms with Gasteiger partial charge in [0, 0.05) is 5.69 Å². The van der Waals surface area contributed by atoms with Crippen LogP contribution in [0.2, 0.25) is 0 Å². The third kappa shape index (κ3) is 3.97. The number of nitrogens with one attached hydrogen (secondary N) is 1. The number of carbonyl (C=O) groups is 2. The van der Waals surface area contributed by atoms with Crippen LogP contribution in [0.1, 0.15) is 45.3 Å². The van der Waals surface area contributed by atoms with E-state index >= 15 is 0 Å². The largest absolute Gasteiger partial charge is 0.469 e. The number of rotatable bonds is 5. The number of nitrogens with zero attached hydrogens (tertiary/aromatic N) is 2. The van der Waals surface area contributed by atoms with Gasteiger partial charge in [-0.25, -0.2) is 4.98 Å². The van der Waals surface area contributed by atoms with Gasteiger partial charge in [0.15, 0.2) is 0 Å². The topological polar surface area (TPSA) is 94.3 Å². The summed E-state index contributed by atoms with van der Waals surface area (Å²) in [5.41, 5.74) is 3.87. The lowest BCUT2D eigenvalue weighted by Gasteiger charge is -2.19. The molecule has 140 valence electrons. The minimum Gasteiger partial charge on any atom is -0.469 e.